The maximum absolute atomic E-state index is 12.5. The van der Waals surface area contributed by atoms with Crippen LogP contribution in [0.25, 0.3) is 22.8 Å². The Balaban J connectivity index is 1.48. The van der Waals surface area contributed by atoms with Gasteiger partial charge in [-0.3, -0.25) is 4.79 Å². The van der Waals surface area contributed by atoms with Gasteiger partial charge in [0, 0.05) is 16.8 Å². The molecule has 0 fully saturated rings. The number of nitrogens with one attached hydrogen (secondary N) is 1. The average Bonchev–Trinajstić information content (AvgIpc) is 3.30. The van der Waals surface area contributed by atoms with Crippen molar-refractivity contribution in [2.45, 2.75) is 0 Å². The van der Waals surface area contributed by atoms with Crippen molar-refractivity contribution in [3.8, 4) is 34.3 Å². The Morgan fingerprint density at radius 2 is 1.57 bits per heavy atom. The zero-order valence-corrected chi connectivity index (χ0v) is 16.5. The molecule has 0 bridgehead atoms. The van der Waals surface area contributed by atoms with Crippen molar-refractivity contribution in [1.29, 1.82) is 0 Å². The lowest BCUT2D eigenvalue weighted by atomic mass is 10.1. The number of aromatic nitrogens is 2. The van der Waals surface area contributed by atoms with Crippen molar-refractivity contribution < 1.29 is 18.8 Å². The van der Waals surface area contributed by atoms with E-state index in [-0.39, 0.29) is 5.91 Å². The van der Waals surface area contributed by atoms with Crippen molar-refractivity contribution >= 4 is 11.6 Å². The number of nitrogens with zero attached hydrogens (tertiary/aromatic N) is 2. The van der Waals surface area contributed by atoms with Gasteiger partial charge in [0.1, 0.15) is 11.5 Å². The van der Waals surface area contributed by atoms with Crippen LogP contribution in [0.2, 0.25) is 0 Å². The van der Waals surface area contributed by atoms with Crippen LogP contribution in [0.3, 0.4) is 0 Å². The minimum Gasteiger partial charge on any atom is -0.497 e. The smallest absolute Gasteiger partial charge is 0.259 e. The van der Waals surface area contributed by atoms with E-state index in [1.165, 1.54) is 7.11 Å². The second kappa shape index (κ2) is 8.48. The number of amides is 1. The fourth-order valence-electron chi connectivity index (χ4n) is 2.92. The van der Waals surface area contributed by atoms with E-state index in [0.29, 0.717) is 28.7 Å². The van der Waals surface area contributed by atoms with E-state index in [2.05, 4.69) is 15.5 Å². The number of carbonyl (C=O) groups excluding carboxylic acids is 1. The maximum atomic E-state index is 12.5. The van der Waals surface area contributed by atoms with Gasteiger partial charge >= 0.3 is 0 Å². The molecule has 0 aliphatic heterocycles. The summed E-state index contributed by atoms with van der Waals surface area (Å²) in [6.07, 6.45) is 0. The Morgan fingerprint density at radius 3 is 2.27 bits per heavy atom. The molecule has 0 radical (unpaired) electrons. The third-order valence-corrected chi connectivity index (χ3v) is 4.52. The number of methoxy groups -OCH3 is 2. The number of carbonyl (C=O) groups is 1. The zero-order chi connectivity index (χ0) is 20.9. The number of rotatable bonds is 6. The Hall–Kier alpha value is -4.13. The van der Waals surface area contributed by atoms with Crippen LogP contribution in [0.4, 0.5) is 5.69 Å². The molecule has 1 amide bonds. The van der Waals surface area contributed by atoms with E-state index in [9.17, 15) is 4.79 Å². The number of hydrogen-bond acceptors (Lipinski definition) is 6. The molecule has 0 spiro atoms. The van der Waals surface area contributed by atoms with Crippen LogP contribution in [0.1, 0.15) is 10.4 Å². The number of benzene rings is 3. The van der Waals surface area contributed by atoms with Crippen LogP contribution in [-0.2, 0) is 0 Å². The van der Waals surface area contributed by atoms with Crippen LogP contribution in [0.5, 0.6) is 11.5 Å². The molecule has 3 aromatic carbocycles. The molecule has 30 heavy (non-hydrogen) atoms. The summed E-state index contributed by atoms with van der Waals surface area (Å²) in [6.45, 7) is 0. The summed E-state index contributed by atoms with van der Waals surface area (Å²) >= 11 is 0. The third kappa shape index (κ3) is 4.00. The molecule has 1 heterocycles. The molecule has 0 unspecified atom stereocenters. The van der Waals surface area contributed by atoms with Gasteiger partial charge in [0.15, 0.2) is 0 Å². The minimum absolute atomic E-state index is 0.250. The predicted molar refractivity (Wildman–Crippen MR) is 113 cm³/mol. The summed E-state index contributed by atoms with van der Waals surface area (Å²) in [6, 6.07) is 21.6. The highest BCUT2D eigenvalue weighted by Crippen LogP contribution is 2.25. The molecular formula is C23H19N3O4. The van der Waals surface area contributed by atoms with Gasteiger partial charge in [-0.05, 0) is 60.7 Å². The molecule has 0 atom stereocenters. The standard InChI is InChI=1S/C23H19N3O4/c1-28-18-13-9-15(10-14-18)21-25-23(30-26-21)16-7-11-17(12-8-16)24-22(27)19-5-3-4-6-20(19)29-2/h3-14H,1-2H3,(H,24,27). The highest BCUT2D eigenvalue weighted by Gasteiger charge is 2.13. The number of ether oxygens (including phenoxy) is 2. The largest absolute Gasteiger partial charge is 0.497 e. The molecule has 1 N–H and O–H groups in total. The van der Waals surface area contributed by atoms with Crippen LogP contribution >= 0.6 is 0 Å². The van der Waals surface area contributed by atoms with Gasteiger partial charge < -0.3 is 19.3 Å². The van der Waals surface area contributed by atoms with E-state index in [0.717, 1.165) is 16.9 Å². The maximum Gasteiger partial charge on any atom is 0.259 e. The van der Waals surface area contributed by atoms with Crippen molar-refractivity contribution in [3.05, 3.63) is 78.4 Å². The van der Waals surface area contributed by atoms with Crippen molar-refractivity contribution in [1.82, 2.24) is 10.1 Å². The average molecular weight is 401 g/mol. The summed E-state index contributed by atoms with van der Waals surface area (Å²) in [5, 5.41) is 6.89. The Bertz CT molecular complexity index is 1150. The van der Waals surface area contributed by atoms with Crippen molar-refractivity contribution in [2.75, 3.05) is 19.5 Å². The summed E-state index contributed by atoms with van der Waals surface area (Å²) < 4.78 is 15.8. The van der Waals surface area contributed by atoms with Crippen LogP contribution in [-0.4, -0.2) is 30.3 Å². The first-order chi connectivity index (χ1) is 14.7. The Labute approximate surface area is 173 Å². The first-order valence-electron chi connectivity index (χ1n) is 9.21. The highest BCUT2D eigenvalue weighted by molar-refractivity contribution is 6.06. The number of hydrogen-bond donors (Lipinski definition) is 1. The second-order valence-electron chi connectivity index (χ2n) is 6.38. The number of para-hydroxylation sites is 1. The zero-order valence-electron chi connectivity index (χ0n) is 16.5. The summed E-state index contributed by atoms with van der Waals surface area (Å²) in [4.78, 5) is 17.0. The second-order valence-corrected chi connectivity index (χ2v) is 6.38. The van der Waals surface area contributed by atoms with E-state index in [1.54, 1.807) is 37.4 Å². The SMILES string of the molecule is COc1ccc(-c2noc(-c3ccc(NC(=O)c4ccccc4OC)cc3)n2)cc1. The van der Waals surface area contributed by atoms with E-state index in [1.807, 2.05) is 42.5 Å². The van der Waals surface area contributed by atoms with Gasteiger partial charge in [-0.25, -0.2) is 0 Å². The molecule has 4 aromatic rings. The van der Waals surface area contributed by atoms with Crippen molar-refractivity contribution in [2.24, 2.45) is 0 Å². The first-order valence-corrected chi connectivity index (χ1v) is 9.21. The molecule has 150 valence electrons. The van der Waals surface area contributed by atoms with Crippen LogP contribution in [0.15, 0.2) is 77.3 Å². The lowest BCUT2D eigenvalue weighted by Gasteiger charge is -2.09. The lowest BCUT2D eigenvalue weighted by molar-refractivity contribution is 0.102. The topological polar surface area (TPSA) is 86.5 Å². The normalized spacial score (nSPS) is 10.5. The van der Waals surface area contributed by atoms with Gasteiger partial charge in [0.25, 0.3) is 11.8 Å². The van der Waals surface area contributed by atoms with Gasteiger partial charge in [-0.2, -0.15) is 4.98 Å². The van der Waals surface area contributed by atoms with E-state index < -0.39 is 0 Å². The quantitative estimate of drug-likeness (QED) is 0.505. The van der Waals surface area contributed by atoms with Gasteiger partial charge in [0.05, 0.1) is 19.8 Å². The van der Waals surface area contributed by atoms with Crippen LogP contribution < -0.4 is 14.8 Å². The van der Waals surface area contributed by atoms with E-state index in [4.69, 9.17) is 14.0 Å². The van der Waals surface area contributed by atoms with Crippen molar-refractivity contribution in [3.63, 3.8) is 0 Å². The summed E-state index contributed by atoms with van der Waals surface area (Å²) in [7, 11) is 3.15. The summed E-state index contributed by atoms with van der Waals surface area (Å²) in [5.41, 5.74) is 2.68. The fourth-order valence-corrected chi connectivity index (χ4v) is 2.92. The van der Waals surface area contributed by atoms with Gasteiger partial charge in [-0.15, -0.1) is 0 Å². The molecule has 4 rings (SSSR count). The Morgan fingerprint density at radius 1 is 0.867 bits per heavy atom. The number of anilines is 1. The highest BCUT2D eigenvalue weighted by atomic mass is 16.5. The predicted octanol–water partition coefficient (Wildman–Crippen LogP) is 4.67. The van der Waals surface area contributed by atoms with E-state index >= 15 is 0 Å². The van der Waals surface area contributed by atoms with Gasteiger partial charge in [-0.1, -0.05) is 17.3 Å². The lowest BCUT2D eigenvalue weighted by Crippen LogP contribution is -2.12. The molecule has 1 aromatic heterocycles. The molecule has 0 aliphatic rings. The molecule has 7 heteroatoms. The third-order valence-electron chi connectivity index (χ3n) is 4.52. The Kier molecular flexibility index (Phi) is 5.43. The first kappa shape index (κ1) is 19.2. The monoisotopic (exact) mass is 401 g/mol. The molecule has 7 nitrogen and oxygen atoms in total. The molecular weight excluding hydrogens is 382 g/mol. The fraction of sp³-hybridized carbons (Fsp3) is 0.0870. The molecule has 0 aliphatic carbocycles. The van der Waals surface area contributed by atoms with Gasteiger partial charge in [0.2, 0.25) is 5.82 Å². The minimum atomic E-state index is -0.250. The van der Waals surface area contributed by atoms with Crippen LogP contribution in [0, 0.1) is 0 Å². The molecule has 0 saturated carbocycles. The summed E-state index contributed by atoms with van der Waals surface area (Å²) in [5.74, 6) is 1.90. The molecule has 0 saturated heterocycles.